The van der Waals surface area contributed by atoms with E-state index in [1.165, 1.54) is 37.8 Å². The molecule has 4 heterocycles. The van der Waals surface area contributed by atoms with Gasteiger partial charge in [0, 0.05) is 44.6 Å². The summed E-state index contributed by atoms with van der Waals surface area (Å²) in [7, 11) is 0. The first-order valence-electron chi connectivity index (χ1n) is 18.2. The molecule has 0 radical (unpaired) electrons. The van der Waals surface area contributed by atoms with Crippen molar-refractivity contribution < 1.29 is 0 Å². The van der Waals surface area contributed by atoms with Gasteiger partial charge < -0.3 is 9.88 Å². The van der Waals surface area contributed by atoms with E-state index in [1.54, 1.807) is 0 Å². The predicted molar refractivity (Wildman–Crippen MR) is 222 cm³/mol. The molecule has 0 aliphatic carbocycles. The molecule has 11 rings (SSSR count). The molecule has 6 heteroatoms. The predicted octanol–water partition coefficient (Wildman–Crippen LogP) is 10.9. The minimum absolute atomic E-state index is 0.295. The minimum atomic E-state index is -0.295. The van der Waals surface area contributed by atoms with Crippen molar-refractivity contribution in [1.82, 2.24) is 19.4 Å². The van der Waals surface area contributed by atoms with E-state index in [0.717, 1.165) is 50.6 Å². The molecule has 0 bridgehead atoms. The van der Waals surface area contributed by atoms with Crippen LogP contribution in [0.3, 0.4) is 0 Å². The van der Waals surface area contributed by atoms with Crippen LogP contribution in [0.25, 0.3) is 65.9 Å². The van der Waals surface area contributed by atoms with Gasteiger partial charge in [-0.2, -0.15) is 0 Å². The van der Waals surface area contributed by atoms with E-state index < -0.39 is 0 Å². The van der Waals surface area contributed by atoms with Crippen molar-refractivity contribution in [3.63, 3.8) is 0 Å². The lowest BCUT2D eigenvalue weighted by Gasteiger charge is -2.23. The Labute approximate surface area is 311 Å². The number of aromatic nitrogens is 3. The first kappa shape index (κ1) is 30.3. The van der Waals surface area contributed by atoms with Gasteiger partial charge in [-0.25, -0.2) is 15.0 Å². The highest BCUT2D eigenvalue weighted by molar-refractivity contribution is 6.19. The Kier molecular flexibility index (Phi) is 6.82. The maximum Gasteiger partial charge on any atom is 0.160 e. The van der Waals surface area contributed by atoms with Gasteiger partial charge in [0.25, 0.3) is 0 Å². The van der Waals surface area contributed by atoms with Gasteiger partial charge in [0.1, 0.15) is 17.8 Å². The van der Waals surface area contributed by atoms with Gasteiger partial charge in [0.15, 0.2) is 5.84 Å². The summed E-state index contributed by atoms with van der Waals surface area (Å²) in [4.78, 5) is 15.3. The van der Waals surface area contributed by atoms with Crippen molar-refractivity contribution in [1.29, 1.82) is 0 Å². The van der Waals surface area contributed by atoms with Crippen molar-refractivity contribution in [2.75, 3.05) is 0 Å². The van der Waals surface area contributed by atoms with E-state index in [2.05, 4.69) is 172 Å². The Morgan fingerprint density at radius 1 is 0.463 bits per heavy atom. The molecule has 54 heavy (non-hydrogen) atoms. The standard InChI is InChI=1S/C48H32N6/c1-3-14-32(15-4-1)46-50-47(34-24-23-31-13-7-8-16-33(31)27-34)52-48(51-46)35-25-26-45(49-30-35)54-42-22-12-10-20-38(42)40-28-39-37-19-9-11-21-41(37)53(43(39)29-44(40)54)36-17-5-2-6-18-36/h1-30,46H,(H,50,51,52). The zero-order valence-corrected chi connectivity index (χ0v) is 29.1. The van der Waals surface area contributed by atoms with E-state index in [0.29, 0.717) is 5.84 Å². The number of rotatable bonds is 5. The average molecular weight is 693 g/mol. The van der Waals surface area contributed by atoms with Gasteiger partial charge in [0.2, 0.25) is 0 Å². The van der Waals surface area contributed by atoms with Crippen molar-refractivity contribution in [3.05, 3.63) is 199 Å². The Morgan fingerprint density at radius 3 is 1.83 bits per heavy atom. The molecule has 1 N–H and O–H groups in total. The molecule has 1 unspecified atom stereocenters. The molecule has 0 amide bonds. The maximum absolute atomic E-state index is 5.12. The van der Waals surface area contributed by atoms with Gasteiger partial charge in [0.05, 0.1) is 22.1 Å². The summed E-state index contributed by atoms with van der Waals surface area (Å²) in [5.74, 6) is 2.25. The number of benzene rings is 7. The summed E-state index contributed by atoms with van der Waals surface area (Å²) in [5, 5.41) is 10.8. The van der Waals surface area contributed by atoms with Crippen molar-refractivity contribution in [3.8, 4) is 11.5 Å². The average Bonchev–Trinajstić information content (AvgIpc) is 3.75. The highest BCUT2D eigenvalue weighted by Crippen LogP contribution is 2.39. The summed E-state index contributed by atoms with van der Waals surface area (Å²) >= 11 is 0. The van der Waals surface area contributed by atoms with Crippen LogP contribution in [0.2, 0.25) is 0 Å². The van der Waals surface area contributed by atoms with Crippen LogP contribution in [0.1, 0.15) is 22.9 Å². The fraction of sp³-hybridized carbons (Fsp3) is 0.0208. The number of nitrogens with one attached hydrogen (secondary N) is 1. The number of aliphatic imine (C=N–C) groups is 2. The fourth-order valence-electron chi connectivity index (χ4n) is 8.05. The van der Waals surface area contributed by atoms with E-state index in [-0.39, 0.29) is 6.17 Å². The molecule has 0 spiro atoms. The molecular formula is C48H32N6. The summed E-state index contributed by atoms with van der Waals surface area (Å²) in [6.07, 6.45) is 1.61. The van der Waals surface area contributed by atoms with Gasteiger partial charge in [-0.1, -0.05) is 121 Å². The van der Waals surface area contributed by atoms with Crippen LogP contribution in [0.15, 0.2) is 192 Å². The third-order valence-corrected chi connectivity index (χ3v) is 10.6. The van der Waals surface area contributed by atoms with E-state index in [9.17, 15) is 0 Å². The summed E-state index contributed by atoms with van der Waals surface area (Å²) in [6.45, 7) is 0. The van der Waals surface area contributed by atoms with Crippen LogP contribution >= 0.6 is 0 Å². The number of nitrogens with zero attached hydrogens (tertiary/aromatic N) is 5. The first-order chi connectivity index (χ1) is 26.8. The zero-order valence-electron chi connectivity index (χ0n) is 29.1. The molecule has 10 aromatic rings. The zero-order chi connectivity index (χ0) is 35.6. The largest absolute Gasteiger partial charge is 0.344 e. The molecule has 1 atom stereocenters. The Morgan fingerprint density at radius 2 is 1.09 bits per heavy atom. The molecule has 254 valence electrons. The monoisotopic (exact) mass is 692 g/mol. The normalized spacial score (nSPS) is 14.5. The molecule has 0 saturated heterocycles. The molecule has 0 fully saturated rings. The molecular weight excluding hydrogens is 661 g/mol. The second-order valence-corrected chi connectivity index (χ2v) is 13.8. The molecule has 6 nitrogen and oxygen atoms in total. The number of fused-ring (bicyclic) bond motifs is 7. The summed E-state index contributed by atoms with van der Waals surface area (Å²) in [5.41, 5.74) is 8.61. The number of hydrogen-bond acceptors (Lipinski definition) is 4. The quantitative estimate of drug-likeness (QED) is 0.195. The topological polar surface area (TPSA) is 59.5 Å². The van der Waals surface area contributed by atoms with E-state index >= 15 is 0 Å². The lowest BCUT2D eigenvalue weighted by atomic mass is 10.1. The third kappa shape index (κ3) is 4.85. The number of amidine groups is 2. The summed E-state index contributed by atoms with van der Waals surface area (Å²) in [6, 6.07) is 61.9. The van der Waals surface area contributed by atoms with Crippen LogP contribution in [-0.2, 0) is 0 Å². The Bertz CT molecular complexity index is 3120. The SMILES string of the molecule is c1ccc(C2N=C(c3ccc(-n4c5ccccc5c5cc6c7ccccc7n(-c7ccccc7)c6cc54)nc3)N=C(c3ccc4ccccc4c3)N2)cc1. The van der Waals surface area contributed by atoms with Crippen LogP contribution in [0.4, 0.5) is 0 Å². The number of para-hydroxylation sites is 3. The van der Waals surface area contributed by atoms with Crippen molar-refractivity contribution >= 4 is 66.1 Å². The smallest absolute Gasteiger partial charge is 0.160 e. The second kappa shape index (κ2) is 12.1. The van der Waals surface area contributed by atoms with Gasteiger partial charge in [-0.05, 0) is 70.9 Å². The molecule has 1 aliphatic heterocycles. The summed E-state index contributed by atoms with van der Waals surface area (Å²) < 4.78 is 4.65. The van der Waals surface area contributed by atoms with Crippen molar-refractivity contribution in [2.24, 2.45) is 9.98 Å². The van der Waals surface area contributed by atoms with Gasteiger partial charge in [-0.3, -0.25) is 4.57 Å². The maximum atomic E-state index is 5.12. The lowest BCUT2D eigenvalue weighted by molar-refractivity contribution is 0.674. The molecule has 3 aromatic heterocycles. The van der Waals surface area contributed by atoms with Gasteiger partial charge >= 0.3 is 0 Å². The number of hydrogen-bond donors (Lipinski definition) is 1. The Balaban J connectivity index is 1.07. The van der Waals surface area contributed by atoms with Crippen LogP contribution in [-0.4, -0.2) is 25.8 Å². The molecule has 0 saturated carbocycles. The highest BCUT2D eigenvalue weighted by Gasteiger charge is 2.23. The highest BCUT2D eigenvalue weighted by atomic mass is 15.2. The van der Waals surface area contributed by atoms with E-state index in [4.69, 9.17) is 15.0 Å². The fourth-order valence-corrected chi connectivity index (χ4v) is 8.05. The number of pyridine rings is 1. The van der Waals surface area contributed by atoms with Crippen LogP contribution < -0.4 is 5.32 Å². The second-order valence-electron chi connectivity index (χ2n) is 13.8. The van der Waals surface area contributed by atoms with Gasteiger partial charge in [-0.15, -0.1) is 0 Å². The molecule has 7 aromatic carbocycles. The van der Waals surface area contributed by atoms with E-state index in [1.807, 2.05) is 24.4 Å². The minimum Gasteiger partial charge on any atom is -0.344 e. The lowest BCUT2D eigenvalue weighted by Crippen LogP contribution is -2.33. The van der Waals surface area contributed by atoms with Crippen LogP contribution in [0.5, 0.6) is 0 Å². The molecule has 1 aliphatic rings. The first-order valence-corrected chi connectivity index (χ1v) is 18.2. The van der Waals surface area contributed by atoms with Crippen molar-refractivity contribution in [2.45, 2.75) is 6.17 Å². The third-order valence-electron chi connectivity index (χ3n) is 10.6. The Hall–Kier alpha value is -7.31. The van der Waals surface area contributed by atoms with Crippen LogP contribution in [0, 0.1) is 0 Å².